The number of hydrogen-bond acceptors (Lipinski definition) is 7. The Kier molecular flexibility index (Phi) is 7.87. The van der Waals surface area contributed by atoms with Crippen LogP contribution in [0.25, 0.3) is 33.9 Å². The number of imidazole rings is 1. The van der Waals surface area contributed by atoms with Crippen molar-refractivity contribution in [3.63, 3.8) is 0 Å². The summed E-state index contributed by atoms with van der Waals surface area (Å²) in [5.41, 5.74) is 4.96. The molecular weight excluding hydrogens is 484 g/mol. The van der Waals surface area contributed by atoms with Crippen LogP contribution in [-0.2, 0) is 11.3 Å². The van der Waals surface area contributed by atoms with Crippen molar-refractivity contribution in [3.05, 3.63) is 84.9 Å². The molecule has 5 atom stereocenters. The number of benzene rings is 3. The molecule has 0 radical (unpaired) electrons. The predicted molar refractivity (Wildman–Crippen MR) is 143 cm³/mol. The first-order valence-corrected chi connectivity index (χ1v) is 12.8. The van der Waals surface area contributed by atoms with Gasteiger partial charge in [-0.05, 0) is 30.7 Å². The van der Waals surface area contributed by atoms with Crippen molar-refractivity contribution in [1.29, 1.82) is 0 Å². The zero-order valence-electron chi connectivity index (χ0n) is 21.1. The van der Waals surface area contributed by atoms with Crippen molar-refractivity contribution in [1.82, 2.24) is 9.55 Å². The molecule has 5 unspecified atom stereocenters. The molecule has 4 N–H and O–H groups in total. The third-order valence-corrected chi connectivity index (χ3v) is 6.72. The summed E-state index contributed by atoms with van der Waals surface area (Å²) >= 11 is 0. The van der Waals surface area contributed by atoms with E-state index < -0.39 is 37.3 Å². The van der Waals surface area contributed by atoms with Crippen LogP contribution in [0.3, 0.4) is 0 Å². The lowest BCUT2D eigenvalue weighted by Gasteiger charge is -2.39. The Balaban J connectivity index is 1.50. The van der Waals surface area contributed by atoms with Crippen molar-refractivity contribution in [2.45, 2.75) is 50.6 Å². The maximum atomic E-state index is 10.3. The summed E-state index contributed by atoms with van der Waals surface area (Å²) in [6, 6.07) is 27.6. The fourth-order valence-electron chi connectivity index (χ4n) is 4.78. The van der Waals surface area contributed by atoms with E-state index in [1.165, 1.54) is 0 Å². The topological polar surface area (TPSA) is 117 Å². The van der Waals surface area contributed by atoms with E-state index >= 15 is 0 Å². The molecule has 1 fully saturated rings. The van der Waals surface area contributed by atoms with Crippen LogP contribution in [-0.4, -0.2) is 67.3 Å². The van der Waals surface area contributed by atoms with Crippen LogP contribution in [0.1, 0.15) is 13.3 Å². The molecule has 1 aromatic heterocycles. The lowest BCUT2D eigenvalue weighted by molar-refractivity contribution is -0.277. The normalized spacial score (nSPS) is 23.3. The van der Waals surface area contributed by atoms with E-state index in [1.54, 1.807) is 12.1 Å². The van der Waals surface area contributed by atoms with Crippen molar-refractivity contribution >= 4 is 0 Å². The zero-order chi connectivity index (χ0) is 26.6. The van der Waals surface area contributed by atoms with Crippen LogP contribution in [0, 0.1) is 0 Å². The summed E-state index contributed by atoms with van der Waals surface area (Å²) in [4.78, 5) is 5.11. The standard InChI is InChI=1S/C30H32N2O6/c1-2-17-32-25(20-11-7-4-8-12-20)24(19-9-5-3-6-10-19)31-29(32)21-13-15-22(16-14-21)37-30-28(36)27(35)26(34)23(18-33)38-30/h3-16,23,26-28,30,33-36H,2,17-18H2,1H3. The van der Waals surface area contributed by atoms with Crippen LogP contribution >= 0.6 is 0 Å². The highest BCUT2D eigenvalue weighted by atomic mass is 16.7. The minimum Gasteiger partial charge on any atom is -0.462 e. The van der Waals surface area contributed by atoms with E-state index in [0.717, 1.165) is 46.9 Å². The number of aromatic nitrogens is 2. The highest BCUT2D eigenvalue weighted by molar-refractivity contribution is 5.82. The molecule has 0 saturated carbocycles. The van der Waals surface area contributed by atoms with Crippen molar-refractivity contribution in [3.8, 4) is 39.7 Å². The molecule has 0 bridgehead atoms. The fraction of sp³-hybridized carbons (Fsp3) is 0.300. The van der Waals surface area contributed by atoms with Gasteiger partial charge in [0.1, 0.15) is 36.0 Å². The number of aliphatic hydroxyl groups excluding tert-OH is 4. The van der Waals surface area contributed by atoms with Gasteiger partial charge in [0.25, 0.3) is 0 Å². The van der Waals surface area contributed by atoms with Crippen LogP contribution in [0.15, 0.2) is 84.9 Å². The van der Waals surface area contributed by atoms with Crippen molar-refractivity contribution in [2.75, 3.05) is 6.61 Å². The third kappa shape index (κ3) is 5.09. The average Bonchev–Trinajstić information content (AvgIpc) is 3.34. The van der Waals surface area contributed by atoms with Crippen molar-refractivity contribution in [2.24, 2.45) is 0 Å². The second-order valence-corrected chi connectivity index (χ2v) is 9.36. The Hall–Kier alpha value is -3.53. The van der Waals surface area contributed by atoms with Gasteiger partial charge in [-0.2, -0.15) is 0 Å². The fourth-order valence-corrected chi connectivity index (χ4v) is 4.78. The smallest absolute Gasteiger partial charge is 0.229 e. The predicted octanol–water partition coefficient (Wildman–Crippen LogP) is 3.47. The SMILES string of the molecule is CCCn1c(-c2ccc(OC3OC(CO)C(O)C(O)C3O)cc2)nc(-c2ccccc2)c1-c1ccccc1. The number of aliphatic hydroxyl groups is 4. The molecule has 3 aromatic carbocycles. The minimum atomic E-state index is -1.50. The molecule has 38 heavy (non-hydrogen) atoms. The summed E-state index contributed by atoms with van der Waals surface area (Å²) < 4.78 is 13.5. The van der Waals surface area contributed by atoms with Crippen molar-refractivity contribution < 1.29 is 29.9 Å². The van der Waals surface area contributed by atoms with E-state index in [-0.39, 0.29) is 0 Å². The summed E-state index contributed by atoms with van der Waals surface area (Å²) in [7, 11) is 0. The van der Waals surface area contributed by atoms with Gasteiger partial charge < -0.3 is 34.5 Å². The van der Waals surface area contributed by atoms with Gasteiger partial charge in [0.15, 0.2) is 0 Å². The summed E-state index contributed by atoms with van der Waals surface area (Å²) in [5, 5.41) is 39.8. The highest BCUT2D eigenvalue weighted by Crippen LogP contribution is 2.37. The molecule has 5 rings (SSSR count). The molecule has 4 aromatic rings. The molecular formula is C30H32N2O6. The lowest BCUT2D eigenvalue weighted by Crippen LogP contribution is -2.60. The molecule has 2 heterocycles. The summed E-state index contributed by atoms with van der Waals surface area (Å²) in [5.74, 6) is 1.22. The lowest BCUT2D eigenvalue weighted by atomic mass is 9.99. The van der Waals surface area contributed by atoms with E-state index in [1.807, 2.05) is 48.5 Å². The Morgan fingerprint density at radius 3 is 2.03 bits per heavy atom. The van der Waals surface area contributed by atoms with Gasteiger partial charge in [0.05, 0.1) is 18.0 Å². The molecule has 8 heteroatoms. The molecule has 0 amide bonds. The largest absolute Gasteiger partial charge is 0.462 e. The number of nitrogens with zero attached hydrogens (tertiary/aromatic N) is 2. The first-order chi connectivity index (χ1) is 18.5. The Morgan fingerprint density at radius 1 is 0.789 bits per heavy atom. The first-order valence-electron chi connectivity index (χ1n) is 12.8. The molecule has 1 aliphatic heterocycles. The van der Waals surface area contributed by atoms with Crippen LogP contribution in [0.5, 0.6) is 5.75 Å². The van der Waals surface area contributed by atoms with E-state index in [0.29, 0.717) is 5.75 Å². The maximum absolute atomic E-state index is 10.3. The van der Waals surface area contributed by atoms with E-state index in [2.05, 4.69) is 35.8 Å². The number of rotatable bonds is 8. The quantitative estimate of drug-likeness (QED) is 0.283. The Labute approximate surface area is 221 Å². The van der Waals surface area contributed by atoms with Gasteiger partial charge >= 0.3 is 0 Å². The zero-order valence-corrected chi connectivity index (χ0v) is 21.1. The van der Waals surface area contributed by atoms with Crippen LogP contribution in [0.4, 0.5) is 0 Å². The molecule has 1 saturated heterocycles. The number of hydrogen-bond donors (Lipinski definition) is 4. The second kappa shape index (κ2) is 11.5. The first kappa shape index (κ1) is 26.1. The molecule has 198 valence electrons. The molecule has 0 aliphatic carbocycles. The monoisotopic (exact) mass is 516 g/mol. The van der Waals surface area contributed by atoms with E-state index in [4.69, 9.17) is 14.5 Å². The van der Waals surface area contributed by atoms with Gasteiger partial charge in [0, 0.05) is 23.2 Å². The summed E-state index contributed by atoms with van der Waals surface area (Å²) in [6.07, 6.45) is -5.76. The molecule has 1 aliphatic rings. The second-order valence-electron chi connectivity index (χ2n) is 9.36. The highest BCUT2D eigenvalue weighted by Gasteiger charge is 2.44. The number of ether oxygens (including phenoxy) is 2. The summed E-state index contributed by atoms with van der Waals surface area (Å²) in [6.45, 7) is 2.40. The van der Waals surface area contributed by atoms with Crippen LogP contribution < -0.4 is 4.74 Å². The third-order valence-electron chi connectivity index (χ3n) is 6.72. The van der Waals surface area contributed by atoms with Gasteiger partial charge in [-0.25, -0.2) is 4.98 Å². The maximum Gasteiger partial charge on any atom is 0.229 e. The average molecular weight is 517 g/mol. The van der Waals surface area contributed by atoms with Gasteiger partial charge in [0.2, 0.25) is 6.29 Å². The minimum absolute atomic E-state index is 0.401. The van der Waals surface area contributed by atoms with Gasteiger partial charge in [-0.15, -0.1) is 0 Å². The molecule has 8 nitrogen and oxygen atoms in total. The van der Waals surface area contributed by atoms with E-state index in [9.17, 15) is 20.4 Å². The molecule has 0 spiro atoms. The van der Waals surface area contributed by atoms with Gasteiger partial charge in [-0.3, -0.25) is 0 Å². The Morgan fingerprint density at radius 2 is 1.42 bits per heavy atom. The van der Waals surface area contributed by atoms with Crippen LogP contribution in [0.2, 0.25) is 0 Å². The Bertz CT molecular complexity index is 1320. The van der Waals surface area contributed by atoms with Gasteiger partial charge in [-0.1, -0.05) is 67.6 Å².